The average Bonchev–Trinajstić information content (AvgIpc) is 3.09. The maximum absolute atomic E-state index is 4.57. The summed E-state index contributed by atoms with van der Waals surface area (Å²) in [5.41, 5.74) is 2.35. The molecule has 0 aromatic carbocycles. The van der Waals surface area contributed by atoms with Crippen LogP contribution in [0, 0.1) is 6.92 Å². The number of hydrogen-bond acceptors (Lipinski definition) is 5. The van der Waals surface area contributed by atoms with Gasteiger partial charge in [-0.15, -0.1) is 22.7 Å². The highest BCUT2D eigenvalue weighted by Gasteiger charge is 2.14. The van der Waals surface area contributed by atoms with Crippen molar-refractivity contribution in [2.24, 2.45) is 0 Å². The Labute approximate surface area is 120 Å². The number of aryl methyl sites for hydroxylation is 1. The predicted molar refractivity (Wildman–Crippen MR) is 79.8 cm³/mol. The summed E-state index contributed by atoms with van der Waals surface area (Å²) in [7, 11) is 0. The van der Waals surface area contributed by atoms with Gasteiger partial charge >= 0.3 is 0 Å². The number of aromatic nitrogens is 3. The van der Waals surface area contributed by atoms with E-state index in [9.17, 15) is 0 Å². The van der Waals surface area contributed by atoms with Gasteiger partial charge in [0.15, 0.2) is 4.96 Å². The maximum atomic E-state index is 4.57. The Morgan fingerprint density at radius 2 is 2.26 bits per heavy atom. The number of nitrogens with one attached hydrogen (secondary N) is 1. The third-order valence-corrected chi connectivity index (χ3v) is 4.88. The second kappa shape index (κ2) is 5.40. The van der Waals surface area contributed by atoms with Gasteiger partial charge in [-0.1, -0.05) is 6.92 Å². The number of rotatable bonds is 5. The van der Waals surface area contributed by atoms with Crippen LogP contribution in [0.15, 0.2) is 23.2 Å². The van der Waals surface area contributed by atoms with E-state index in [1.807, 2.05) is 11.6 Å². The lowest BCUT2D eigenvalue weighted by molar-refractivity contribution is 0.510. The lowest BCUT2D eigenvalue weighted by Gasteiger charge is -2.14. The number of fused-ring (bicyclic) bond motifs is 1. The molecule has 1 atom stereocenters. The summed E-state index contributed by atoms with van der Waals surface area (Å²) in [6, 6.07) is 0.323. The van der Waals surface area contributed by atoms with Gasteiger partial charge in [-0.25, -0.2) is 9.97 Å². The highest BCUT2D eigenvalue weighted by atomic mass is 32.1. The molecule has 3 heterocycles. The van der Waals surface area contributed by atoms with Crippen LogP contribution in [-0.2, 0) is 6.54 Å². The second-order valence-electron chi connectivity index (χ2n) is 4.41. The molecule has 6 heteroatoms. The largest absolute Gasteiger partial charge is 0.302 e. The molecule has 1 unspecified atom stereocenters. The van der Waals surface area contributed by atoms with Crippen LogP contribution < -0.4 is 5.32 Å². The fourth-order valence-corrected chi connectivity index (χ4v) is 3.76. The van der Waals surface area contributed by atoms with Gasteiger partial charge in [0.25, 0.3) is 0 Å². The molecular weight excluding hydrogens is 276 g/mol. The smallest absolute Gasteiger partial charge is 0.194 e. The molecular formula is C13H16N4S2. The Kier molecular flexibility index (Phi) is 3.63. The fourth-order valence-electron chi connectivity index (χ4n) is 2.19. The molecule has 100 valence electrons. The Balaban J connectivity index is 1.78. The number of thiazole rings is 2. The van der Waals surface area contributed by atoms with Gasteiger partial charge in [0.05, 0.1) is 17.4 Å². The van der Waals surface area contributed by atoms with E-state index < -0.39 is 0 Å². The van der Waals surface area contributed by atoms with E-state index >= 15 is 0 Å². The van der Waals surface area contributed by atoms with Crippen LogP contribution in [0.2, 0.25) is 0 Å². The van der Waals surface area contributed by atoms with Crippen molar-refractivity contribution in [3.05, 3.63) is 39.5 Å². The fraction of sp³-hybridized carbons (Fsp3) is 0.385. The molecule has 3 aromatic heterocycles. The summed E-state index contributed by atoms with van der Waals surface area (Å²) in [4.78, 5) is 10.0. The molecule has 1 N–H and O–H groups in total. The van der Waals surface area contributed by atoms with Crippen molar-refractivity contribution in [2.45, 2.75) is 32.9 Å². The van der Waals surface area contributed by atoms with Crippen LogP contribution >= 0.6 is 22.7 Å². The van der Waals surface area contributed by atoms with Crippen LogP contribution in [0.4, 0.5) is 0 Å². The Hall–Kier alpha value is -1.24. The molecule has 0 amide bonds. The van der Waals surface area contributed by atoms with Crippen molar-refractivity contribution in [3.8, 4) is 0 Å². The van der Waals surface area contributed by atoms with Crippen LogP contribution in [0.5, 0.6) is 0 Å². The quantitative estimate of drug-likeness (QED) is 0.783. The molecule has 0 spiro atoms. The molecule has 3 aromatic rings. The monoisotopic (exact) mass is 292 g/mol. The first-order chi connectivity index (χ1) is 9.29. The van der Waals surface area contributed by atoms with Crippen molar-refractivity contribution in [1.29, 1.82) is 0 Å². The normalized spacial score (nSPS) is 13.2. The number of nitrogens with zero attached hydrogens (tertiary/aromatic N) is 3. The molecule has 0 saturated carbocycles. The predicted octanol–water partition coefficient (Wildman–Crippen LogP) is 3.40. The molecule has 0 saturated heterocycles. The lowest BCUT2D eigenvalue weighted by atomic mass is 10.2. The van der Waals surface area contributed by atoms with Gasteiger partial charge in [0.1, 0.15) is 5.01 Å². The van der Waals surface area contributed by atoms with Crippen molar-refractivity contribution >= 4 is 27.6 Å². The third kappa shape index (κ3) is 2.43. The molecule has 0 radical (unpaired) electrons. The summed E-state index contributed by atoms with van der Waals surface area (Å²) in [6.45, 7) is 5.07. The van der Waals surface area contributed by atoms with E-state index in [1.54, 1.807) is 22.7 Å². The van der Waals surface area contributed by atoms with Crippen molar-refractivity contribution in [1.82, 2.24) is 19.7 Å². The van der Waals surface area contributed by atoms with Gasteiger partial charge in [-0.2, -0.15) is 0 Å². The molecule has 0 bridgehead atoms. The maximum Gasteiger partial charge on any atom is 0.194 e. The topological polar surface area (TPSA) is 42.2 Å². The van der Waals surface area contributed by atoms with E-state index in [0.29, 0.717) is 6.04 Å². The van der Waals surface area contributed by atoms with E-state index in [-0.39, 0.29) is 0 Å². The zero-order valence-electron chi connectivity index (χ0n) is 11.0. The first-order valence-electron chi connectivity index (χ1n) is 6.33. The number of imidazole rings is 1. The van der Waals surface area contributed by atoms with Gasteiger partial charge in [-0.3, -0.25) is 4.40 Å². The highest BCUT2D eigenvalue weighted by Crippen LogP contribution is 2.21. The molecule has 0 aliphatic carbocycles. The van der Waals surface area contributed by atoms with E-state index in [1.165, 1.54) is 5.69 Å². The minimum absolute atomic E-state index is 0.323. The Bertz CT molecular complexity index is 653. The van der Waals surface area contributed by atoms with Gasteiger partial charge < -0.3 is 5.32 Å². The lowest BCUT2D eigenvalue weighted by Crippen LogP contribution is -2.21. The summed E-state index contributed by atoms with van der Waals surface area (Å²) >= 11 is 3.38. The molecule has 0 fully saturated rings. The molecule has 0 aliphatic heterocycles. The van der Waals surface area contributed by atoms with Crippen molar-refractivity contribution in [3.63, 3.8) is 0 Å². The van der Waals surface area contributed by atoms with Gasteiger partial charge in [0.2, 0.25) is 0 Å². The van der Waals surface area contributed by atoms with Crippen LogP contribution in [-0.4, -0.2) is 14.4 Å². The first kappa shape index (κ1) is 12.8. The van der Waals surface area contributed by atoms with Crippen LogP contribution in [0.1, 0.15) is 35.8 Å². The zero-order chi connectivity index (χ0) is 13.2. The van der Waals surface area contributed by atoms with E-state index in [0.717, 1.165) is 28.6 Å². The SMILES string of the molecule is CCC(NCc1c(C)nc2sccn12)c1nccs1. The Morgan fingerprint density at radius 3 is 3.00 bits per heavy atom. The summed E-state index contributed by atoms with van der Waals surface area (Å²) < 4.78 is 2.17. The average molecular weight is 292 g/mol. The Morgan fingerprint density at radius 1 is 1.37 bits per heavy atom. The zero-order valence-corrected chi connectivity index (χ0v) is 12.6. The molecule has 3 rings (SSSR count). The molecule has 19 heavy (non-hydrogen) atoms. The first-order valence-corrected chi connectivity index (χ1v) is 8.09. The van der Waals surface area contributed by atoms with Crippen molar-refractivity contribution < 1.29 is 0 Å². The summed E-state index contributed by atoms with van der Waals surface area (Å²) in [5, 5.41) is 8.85. The minimum Gasteiger partial charge on any atom is -0.302 e. The molecule has 0 aliphatic rings. The van der Waals surface area contributed by atoms with Crippen LogP contribution in [0.25, 0.3) is 4.96 Å². The standard InChI is InChI=1S/C13H16N4S2/c1-3-10(12-14-4-6-18-12)15-8-11-9(2)16-13-17(11)5-7-19-13/h4-7,10,15H,3,8H2,1-2H3. The molecule has 4 nitrogen and oxygen atoms in total. The van der Waals surface area contributed by atoms with E-state index in [2.05, 4.69) is 45.1 Å². The highest BCUT2D eigenvalue weighted by molar-refractivity contribution is 7.15. The van der Waals surface area contributed by atoms with E-state index in [4.69, 9.17) is 0 Å². The third-order valence-electron chi connectivity index (χ3n) is 3.23. The van der Waals surface area contributed by atoms with Crippen LogP contribution in [0.3, 0.4) is 0 Å². The summed E-state index contributed by atoms with van der Waals surface area (Å²) in [6.07, 6.45) is 4.99. The minimum atomic E-state index is 0.323. The van der Waals surface area contributed by atoms with Crippen molar-refractivity contribution in [2.75, 3.05) is 0 Å². The number of hydrogen-bond donors (Lipinski definition) is 1. The summed E-state index contributed by atoms with van der Waals surface area (Å²) in [5.74, 6) is 0. The van der Waals surface area contributed by atoms with Gasteiger partial charge in [-0.05, 0) is 13.3 Å². The second-order valence-corrected chi connectivity index (χ2v) is 6.21. The van der Waals surface area contributed by atoms with Gasteiger partial charge in [0, 0.05) is 29.7 Å².